The summed E-state index contributed by atoms with van der Waals surface area (Å²) in [5.74, 6) is 0.617. The van der Waals surface area contributed by atoms with Gasteiger partial charge < -0.3 is 0 Å². The van der Waals surface area contributed by atoms with E-state index in [9.17, 15) is 0 Å². The summed E-state index contributed by atoms with van der Waals surface area (Å²) in [5, 5.41) is 1.34. The Morgan fingerprint density at radius 3 is 1.67 bits per heavy atom. The van der Waals surface area contributed by atoms with Crippen LogP contribution in [0.5, 0.6) is 0 Å². The molecule has 0 atom stereocenters. The standard InChI is InChI=1S/C27H22N4S2/c1-5-13-21(14-6-1)31(22-15-7-2-8-16-22)25-28-26(32-23-17-9-3-10-18-23)30-27(29-25)33-24-19-11-4-12-20-24/h1,3-7,9-20H,2,8H2. The fraction of sp³-hybridized carbons (Fsp3) is 0.0741. The Morgan fingerprint density at radius 2 is 1.15 bits per heavy atom. The number of nitrogens with zero attached hydrogens (tertiary/aromatic N) is 4. The number of hydrogen-bond acceptors (Lipinski definition) is 6. The molecule has 6 heteroatoms. The largest absolute Gasteiger partial charge is 0.279 e. The molecule has 1 aliphatic rings. The van der Waals surface area contributed by atoms with E-state index in [4.69, 9.17) is 15.0 Å². The maximum Gasteiger partial charge on any atom is 0.239 e. The molecule has 0 saturated carbocycles. The average molecular weight is 467 g/mol. The number of aromatic nitrogens is 3. The van der Waals surface area contributed by atoms with Crippen LogP contribution in [0.4, 0.5) is 11.6 Å². The molecular weight excluding hydrogens is 444 g/mol. The summed E-state index contributed by atoms with van der Waals surface area (Å²) in [6, 6.07) is 30.7. The molecule has 0 aliphatic heterocycles. The van der Waals surface area contributed by atoms with Crippen LogP contribution in [0.3, 0.4) is 0 Å². The molecule has 0 bridgehead atoms. The molecule has 0 N–H and O–H groups in total. The average Bonchev–Trinajstić information content (AvgIpc) is 2.87. The van der Waals surface area contributed by atoms with Gasteiger partial charge in [-0.2, -0.15) is 15.0 Å². The van der Waals surface area contributed by atoms with E-state index in [0.29, 0.717) is 16.3 Å². The van der Waals surface area contributed by atoms with Gasteiger partial charge in [0, 0.05) is 21.2 Å². The molecule has 1 aromatic heterocycles. The first kappa shape index (κ1) is 21.5. The smallest absolute Gasteiger partial charge is 0.239 e. The van der Waals surface area contributed by atoms with Crippen LogP contribution in [-0.2, 0) is 0 Å². The maximum atomic E-state index is 4.90. The van der Waals surface area contributed by atoms with Crippen molar-refractivity contribution in [1.29, 1.82) is 0 Å². The molecular formula is C27H22N4S2. The zero-order valence-electron chi connectivity index (χ0n) is 17.9. The van der Waals surface area contributed by atoms with Gasteiger partial charge in [-0.05, 0) is 78.8 Å². The quantitative estimate of drug-likeness (QED) is 0.280. The molecule has 0 fully saturated rings. The normalized spacial score (nSPS) is 12.9. The highest BCUT2D eigenvalue weighted by atomic mass is 32.2. The van der Waals surface area contributed by atoms with Gasteiger partial charge in [0.05, 0.1) is 0 Å². The highest BCUT2D eigenvalue weighted by Crippen LogP contribution is 2.34. The molecule has 0 radical (unpaired) electrons. The van der Waals surface area contributed by atoms with Crippen molar-refractivity contribution < 1.29 is 0 Å². The van der Waals surface area contributed by atoms with Crippen LogP contribution in [0.25, 0.3) is 0 Å². The van der Waals surface area contributed by atoms with Crippen molar-refractivity contribution in [3.05, 3.63) is 115 Å². The molecule has 1 aliphatic carbocycles. The Hall–Kier alpha value is -3.35. The molecule has 0 saturated heterocycles. The summed E-state index contributed by atoms with van der Waals surface area (Å²) in [6.07, 6.45) is 8.63. The van der Waals surface area contributed by atoms with E-state index in [-0.39, 0.29) is 0 Å². The molecule has 0 amide bonds. The van der Waals surface area contributed by atoms with Crippen molar-refractivity contribution in [2.75, 3.05) is 4.90 Å². The van der Waals surface area contributed by atoms with E-state index in [1.165, 1.54) is 0 Å². The van der Waals surface area contributed by atoms with Gasteiger partial charge in [0.15, 0.2) is 10.3 Å². The van der Waals surface area contributed by atoms with Crippen molar-refractivity contribution in [2.45, 2.75) is 32.9 Å². The third-order valence-corrected chi connectivity index (χ3v) is 6.68. The Labute approximate surface area is 202 Å². The Bertz CT molecular complexity index is 1200. The predicted octanol–water partition coefficient (Wildman–Crippen LogP) is 7.55. The van der Waals surface area contributed by atoms with Crippen molar-refractivity contribution >= 4 is 35.2 Å². The van der Waals surface area contributed by atoms with Crippen molar-refractivity contribution in [3.8, 4) is 0 Å². The number of anilines is 2. The summed E-state index contributed by atoms with van der Waals surface area (Å²) in [5.41, 5.74) is 2.10. The van der Waals surface area contributed by atoms with Gasteiger partial charge in [-0.15, -0.1) is 0 Å². The zero-order chi connectivity index (χ0) is 22.3. The molecule has 162 valence electrons. The number of allylic oxidation sites excluding steroid dienone is 3. The minimum atomic E-state index is 0.617. The monoisotopic (exact) mass is 466 g/mol. The number of benzene rings is 3. The second-order valence-corrected chi connectivity index (χ2v) is 9.39. The molecule has 4 aromatic rings. The van der Waals surface area contributed by atoms with Crippen LogP contribution in [0.15, 0.2) is 135 Å². The molecule has 0 spiro atoms. The van der Waals surface area contributed by atoms with Gasteiger partial charge in [0.25, 0.3) is 0 Å². The van der Waals surface area contributed by atoms with Crippen LogP contribution in [0.2, 0.25) is 0 Å². The van der Waals surface area contributed by atoms with Crippen LogP contribution in [0, 0.1) is 0 Å². The van der Waals surface area contributed by atoms with E-state index in [1.807, 2.05) is 54.6 Å². The molecule has 5 rings (SSSR count). The molecule has 33 heavy (non-hydrogen) atoms. The Morgan fingerprint density at radius 1 is 0.606 bits per heavy atom. The van der Waals surface area contributed by atoms with Crippen LogP contribution < -0.4 is 4.90 Å². The first-order valence-corrected chi connectivity index (χ1v) is 12.4. The van der Waals surface area contributed by atoms with Gasteiger partial charge in [0.1, 0.15) is 0 Å². The summed E-state index contributed by atoms with van der Waals surface area (Å²) in [4.78, 5) is 18.9. The summed E-state index contributed by atoms with van der Waals surface area (Å²) in [6.45, 7) is 0. The van der Waals surface area contributed by atoms with Gasteiger partial charge in [-0.1, -0.05) is 66.7 Å². The summed E-state index contributed by atoms with van der Waals surface area (Å²) < 4.78 is 0. The molecule has 0 unspecified atom stereocenters. The summed E-state index contributed by atoms with van der Waals surface area (Å²) >= 11 is 3.09. The lowest BCUT2D eigenvalue weighted by molar-refractivity contribution is 0.790. The maximum absolute atomic E-state index is 4.90. The van der Waals surface area contributed by atoms with Crippen LogP contribution in [-0.4, -0.2) is 15.0 Å². The van der Waals surface area contributed by atoms with Gasteiger partial charge in [-0.3, -0.25) is 4.90 Å². The first-order valence-electron chi connectivity index (χ1n) is 10.8. The van der Waals surface area contributed by atoms with Crippen LogP contribution >= 0.6 is 23.5 Å². The van der Waals surface area contributed by atoms with Gasteiger partial charge in [-0.25, -0.2) is 0 Å². The lowest BCUT2D eigenvalue weighted by atomic mass is 10.1. The van der Waals surface area contributed by atoms with Crippen LogP contribution in [0.1, 0.15) is 12.8 Å². The molecule has 4 nitrogen and oxygen atoms in total. The van der Waals surface area contributed by atoms with Crippen molar-refractivity contribution in [2.24, 2.45) is 0 Å². The Balaban J connectivity index is 1.60. The topological polar surface area (TPSA) is 41.9 Å². The predicted molar refractivity (Wildman–Crippen MR) is 136 cm³/mol. The van der Waals surface area contributed by atoms with E-state index in [2.05, 4.69) is 59.5 Å². The number of rotatable bonds is 7. The lowest BCUT2D eigenvalue weighted by Crippen LogP contribution is -2.19. The highest BCUT2D eigenvalue weighted by molar-refractivity contribution is 7.99. The Kier molecular flexibility index (Phi) is 6.85. The first-order chi connectivity index (χ1) is 16.3. The van der Waals surface area contributed by atoms with Gasteiger partial charge >= 0.3 is 0 Å². The van der Waals surface area contributed by atoms with Crippen molar-refractivity contribution in [3.63, 3.8) is 0 Å². The SMILES string of the molecule is C1=CC(N(c2ccccc2)c2nc(Sc3ccccc3)nc(Sc3ccccc3)n2)=CCC1. The number of para-hydroxylation sites is 1. The van der Waals surface area contributed by atoms with Crippen molar-refractivity contribution in [1.82, 2.24) is 15.0 Å². The minimum Gasteiger partial charge on any atom is -0.279 e. The van der Waals surface area contributed by atoms with E-state index < -0.39 is 0 Å². The minimum absolute atomic E-state index is 0.617. The highest BCUT2D eigenvalue weighted by Gasteiger charge is 2.20. The lowest BCUT2D eigenvalue weighted by Gasteiger charge is -2.25. The van der Waals surface area contributed by atoms with E-state index in [0.717, 1.165) is 34.0 Å². The molecule has 1 heterocycles. The second-order valence-electron chi connectivity index (χ2n) is 7.31. The van der Waals surface area contributed by atoms with E-state index in [1.54, 1.807) is 23.5 Å². The number of hydrogen-bond donors (Lipinski definition) is 0. The second kappa shape index (κ2) is 10.5. The third kappa shape index (κ3) is 5.53. The fourth-order valence-electron chi connectivity index (χ4n) is 3.43. The van der Waals surface area contributed by atoms with E-state index >= 15 is 0 Å². The zero-order valence-corrected chi connectivity index (χ0v) is 19.5. The summed E-state index contributed by atoms with van der Waals surface area (Å²) in [7, 11) is 0. The van der Waals surface area contributed by atoms with Gasteiger partial charge in [0.2, 0.25) is 5.95 Å². The fourth-order valence-corrected chi connectivity index (χ4v) is 5.01. The molecule has 3 aromatic carbocycles. The third-order valence-electron chi connectivity index (χ3n) is 4.94.